The first-order chi connectivity index (χ1) is 13.5. The minimum atomic E-state index is -0.132. The van der Waals surface area contributed by atoms with Crippen molar-refractivity contribution in [1.82, 2.24) is 29.9 Å². The van der Waals surface area contributed by atoms with Crippen LogP contribution in [0.3, 0.4) is 0 Å². The summed E-state index contributed by atoms with van der Waals surface area (Å²) in [6, 6.07) is 11.2. The normalized spacial score (nSPS) is 14.1. The predicted molar refractivity (Wildman–Crippen MR) is 107 cm³/mol. The number of nitrogens with one attached hydrogen (secondary N) is 2. The lowest BCUT2D eigenvalue weighted by molar-refractivity contribution is 0.203. The molecule has 0 aliphatic carbocycles. The summed E-state index contributed by atoms with van der Waals surface area (Å²) in [4.78, 5) is 31.2. The Morgan fingerprint density at radius 1 is 1.25 bits per heavy atom. The summed E-state index contributed by atoms with van der Waals surface area (Å²) in [5.41, 5.74) is 3.79. The monoisotopic (exact) mass is 380 g/mol. The molecule has 28 heavy (non-hydrogen) atoms. The molecule has 0 atom stereocenters. The molecular formula is C20H24N6O2. The zero-order valence-electron chi connectivity index (χ0n) is 16.1. The minimum absolute atomic E-state index is 0.0466. The molecule has 0 saturated heterocycles. The molecule has 2 N–H and O–H groups in total. The summed E-state index contributed by atoms with van der Waals surface area (Å²) in [6.45, 7) is 3.48. The molecule has 146 valence electrons. The van der Waals surface area contributed by atoms with Gasteiger partial charge in [-0.3, -0.25) is 14.4 Å². The minimum Gasteiger partial charge on any atom is -0.357 e. The van der Waals surface area contributed by atoms with Gasteiger partial charge in [-0.1, -0.05) is 12.1 Å². The van der Waals surface area contributed by atoms with Crippen LogP contribution in [-0.2, 0) is 26.2 Å². The zero-order chi connectivity index (χ0) is 19.7. The highest BCUT2D eigenvalue weighted by Crippen LogP contribution is 2.16. The van der Waals surface area contributed by atoms with Gasteiger partial charge in [0.25, 0.3) is 0 Å². The van der Waals surface area contributed by atoms with Crippen molar-refractivity contribution in [1.29, 1.82) is 0 Å². The van der Waals surface area contributed by atoms with Crippen molar-refractivity contribution in [2.75, 3.05) is 20.6 Å². The molecule has 0 radical (unpaired) electrons. The molecule has 0 fully saturated rings. The highest BCUT2D eigenvalue weighted by atomic mass is 16.2. The Balaban J connectivity index is 1.44. The fraction of sp³-hybridized carbons (Fsp3) is 0.350. The molecule has 1 aromatic carbocycles. The quantitative estimate of drug-likeness (QED) is 0.718. The van der Waals surface area contributed by atoms with Crippen LogP contribution in [0.2, 0.25) is 0 Å². The fourth-order valence-corrected chi connectivity index (χ4v) is 3.50. The summed E-state index contributed by atoms with van der Waals surface area (Å²) < 4.78 is 2.00. The highest BCUT2D eigenvalue weighted by molar-refractivity contribution is 5.78. The van der Waals surface area contributed by atoms with Crippen molar-refractivity contribution in [2.24, 2.45) is 0 Å². The van der Waals surface area contributed by atoms with E-state index in [1.165, 1.54) is 4.90 Å². The molecule has 2 aromatic heterocycles. The molecule has 0 spiro atoms. The molecular weight excluding hydrogens is 356 g/mol. The number of fused-ring (bicyclic) bond motifs is 2. The smallest absolute Gasteiger partial charge is 0.317 e. The summed E-state index contributed by atoms with van der Waals surface area (Å²) in [5.74, 6) is 0. The van der Waals surface area contributed by atoms with Crippen LogP contribution in [0.25, 0.3) is 10.9 Å². The maximum absolute atomic E-state index is 12.3. The molecule has 0 unspecified atom stereocenters. The number of pyridine rings is 1. The number of rotatable bonds is 4. The number of aromatic nitrogens is 3. The second-order valence-corrected chi connectivity index (χ2v) is 7.32. The number of aromatic amines is 1. The first-order valence-electron chi connectivity index (χ1n) is 9.33. The standard InChI is InChI=1S/C20H24N6O2/c1-24(2)20(28)21-11-14-9-16-13-25(7-8-26(16)23-14)12-15-10-19(27)17-5-3-4-6-18(17)22-15/h3-6,9-10H,7-8,11-13H2,1-2H3,(H,21,28)(H,22,27). The highest BCUT2D eigenvalue weighted by Gasteiger charge is 2.19. The van der Waals surface area contributed by atoms with Crippen molar-refractivity contribution >= 4 is 16.9 Å². The lowest BCUT2D eigenvalue weighted by Crippen LogP contribution is -2.34. The van der Waals surface area contributed by atoms with Gasteiger partial charge in [-0.2, -0.15) is 5.10 Å². The van der Waals surface area contributed by atoms with Crippen molar-refractivity contribution in [3.05, 3.63) is 63.7 Å². The molecule has 0 saturated carbocycles. The maximum Gasteiger partial charge on any atom is 0.317 e. The van der Waals surface area contributed by atoms with E-state index in [2.05, 4.69) is 20.3 Å². The summed E-state index contributed by atoms with van der Waals surface area (Å²) in [7, 11) is 3.42. The van der Waals surface area contributed by atoms with Gasteiger partial charge in [0.15, 0.2) is 5.43 Å². The van der Waals surface area contributed by atoms with E-state index in [1.54, 1.807) is 20.2 Å². The van der Waals surface area contributed by atoms with Gasteiger partial charge < -0.3 is 15.2 Å². The first kappa shape index (κ1) is 18.2. The third-order valence-corrected chi connectivity index (χ3v) is 4.94. The Hall–Kier alpha value is -3.13. The van der Waals surface area contributed by atoms with Crippen LogP contribution < -0.4 is 10.7 Å². The fourth-order valence-electron chi connectivity index (χ4n) is 3.50. The van der Waals surface area contributed by atoms with E-state index in [0.717, 1.165) is 42.2 Å². The van der Waals surface area contributed by atoms with E-state index < -0.39 is 0 Å². The van der Waals surface area contributed by atoms with Crippen molar-refractivity contribution < 1.29 is 4.79 Å². The second kappa shape index (κ2) is 7.47. The summed E-state index contributed by atoms with van der Waals surface area (Å²) in [5, 5.41) is 8.13. The van der Waals surface area contributed by atoms with E-state index in [-0.39, 0.29) is 11.5 Å². The van der Waals surface area contributed by atoms with Gasteiger partial charge in [0, 0.05) is 56.4 Å². The molecule has 8 nitrogen and oxygen atoms in total. The molecule has 2 amide bonds. The molecule has 4 rings (SSSR count). The number of benzene rings is 1. The molecule has 1 aliphatic rings. The Morgan fingerprint density at radius 3 is 2.89 bits per heavy atom. The van der Waals surface area contributed by atoms with E-state index in [4.69, 9.17) is 0 Å². The number of urea groups is 1. The Labute approximate surface area is 162 Å². The lowest BCUT2D eigenvalue weighted by atomic mass is 10.2. The van der Waals surface area contributed by atoms with Crippen LogP contribution in [0, 0.1) is 0 Å². The van der Waals surface area contributed by atoms with E-state index in [9.17, 15) is 9.59 Å². The Bertz CT molecular complexity index is 1070. The number of hydrogen-bond donors (Lipinski definition) is 2. The molecule has 3 heterocycles. The van der Waals surface area contributed by atoms with E-state index in [0.29, 0.717) is 18.5 Å². The second-order valence-electron chi connectivity index (χ2n) is 7.32. The van der Waals surface area contributed by atoms with Crippen LogP contribution in [0.1, 0.15) is 17.1 Å². The van der Waals surface area contributed by atoms with Gasteiger partial charge in [0.1, 0.15) is 0 Å². The molecule has 3 aromatic rings. The van der Waals surface area contributed by atoms with Gasteiger partial charge in [-0.25, -0.2) is 4.79 Å². The SMILES string of the molecule is CN(C)C(=O)NCc1cc2n(n1)CCN(Cc1cc(=O)c3ccccc3[nH]1)C2. The number of carbonyl (C=O) groups excluding carboxylic acids is 1. The number of nitrogens with zero attached hydrogens (tertiary/aromatic N) is 4. The lowest BCUT2D eigenvalue weighted by Gasteiger charge is -2.27. The van der Waals surface area contributed by atoms with Crippen LogP contribution in [0.4, 0.5) is 4.79 Å². The maximum atomic E-state index is 12.3. The van der Waals surface area contributed by atoms with Gasteiger partial charge >= 0.3 is 6.03 Å². The zero-order valence-corrected chi connectivity index (χ0v) is 16.1. The Kier molecular flexibility index (Phi) is 4.87. The van der Waals surface area contributed by atoms with Gasteiger partial charge in [0.05, 0.1) is 24.5 Å². The number of amides is 2. The topological polar surface area (TPSA) is 86.3 Å². The van der Waals surface area contributed by atoms with Crippen LogP contribution in [-0.4, -0.2) is 51.2 Å². The predicted octanol–water partition coefficient (Wildman–Crippen LogP) is 1.51. The number of carbonyl (C=O) groups is 1. The van der Waals surface area contributed by atoms with Crippen molar-refractivity contribution in [3.63, 3.8) is 0 Å². The third kappa shape index (κ3) is 3.77. The Morgan fingerprint density at radius 2 is 2.07 bits per heavy atom. The van der Waals surface area contributed by atoms with E-state index in [1.807, 2.05) is 35.0 Å². The number of H-pyrrole nitrogens is 1. The first-order valence-corrected chi connectivity index (χ1v) is 9.33. The molecule has 1 aliphatic heterocycles. The van der Waals surface area contributed by atoms with Crippen LogP contribution >= 0.6 is 0 Å². The molecule has 0 bridgehead atoms. The van der Waals surface area contributed by atoms with Gasteiger partial charge in [-0.05, 0) is 18.2 Å². The van der Waals surface area contributed by atoms with Gasteiger partial charge in [0.2, 0.25) is 0 Å². The van der Waals surface area contributed by atoms with Crippen molar-refractivity contribution in [3.8, 4) is 0 Å². The largest absolute Gasteiger partial charge is 0.357 e. The van der Waals surface area contributed by atoms with Crippen molar-refractivity contribution in [2.45, 2.75) is 26.2 Å². The van der Waals surface area contributed by atoms with Gasteiger partial charge in [-0.15, -0.1) is 0 Å². The summed E-state index contributed by atoms with van der Waals surface area (Å²) >= 11 is 0. The number of hydrogen-bond acceptors (Lipinski definition) is 4. The summed E-state index contributed by atoms with van der Waals surface area (Å²) in [6.07, 6.45) is 0. The van der Waals surface area contributed by atoms with Crippen LogP contribution in [0.5, 0.6) is 0 Å². The number of para-hydroxylation sites is 1. The van der Waals surface area contributed by atoms with E-state index >= 15 is 0 Å². The average Bonchev–Trinajstić information content (AvgIpc) is 3.08. The van der Waals surface area contributed by atoms with Crippen LogP contribution in [0.15, 0.2) is 41.2 Å². The average molecular weight is 380 g/mol. The third-order valence-electron chi connectivity index (χ3n) is 4.94. The molecule has 8 heteroatoms.